The molecule has 1 saturated heterocycles. The standard InChI is InChI=1S/C20H24N4O/c25-20(22-13-15-8-9-15)17-7-4-12-24(14-17)18-10-11-21-19(23-18)16-5-2-1-3-6-16/h1-3,5-6,10-11,15,17H,4,7-9,12-14H2,(H,22,25)/t17-/m0/s1. The van der Waals surface area contributed by atoms with Gasteiger partial charge in [-0.25, -0.2) is 9.97 Å². The van der Waals surface area contributed by atoms with Crippen molar-refractivity contribution in [1.82, 2.24) is 15.3 Å². The molecule has 1 aromatic carbocycles. The minimum atomic E-state index is 0.0580. The molecule has 5 heteroatoms. The lowest BCUT2D eigenvalue weighted by atomic mass is 9.97. The predicted octanol–water partition coefficient (Wildman–Crippen LogP) is 2.89. The summed E-state index contributed by atoms with van der Waals surface area (Å²) < 4.78 is 0. The van der Waals surface area contributed by atoms with Crippen LogP contribution in [0.2, 0.25) is 0 Å². The van der Waals surface area contributed by atoms with Gasteiger partial charge in [-0.1, -0.05) is 30.3 Å². The SMILES string of the molecule is O=C(NCC1CC1)[C@H]1CCCN(c2ccnc(-c3ccccc3)n2)C1. The van der Waals surface area contributed by atoms with E-state index in [9.17, 15) is 4.79 Å². The molecule has 1 amide bonds. The van der Waals surface area contributed by atoms with Crippen LogP contribution >= 0.6 is 0 Å². The van der Waals surface area contributed by atoms with Gasteiger partial charge in [-0.2, -0.15) is 0 Å². The van der Waals surface area contributed by atoms with Crippen molar-refractivity contribution in [1.29, 1.82) is 0 Å². The number of piperidine rings is 1. The van der Waals surface area contributed by atoms with Crippen LogP contribution in [0.4, 0.5) is 5.82 Å². The van der Waals surface area contributed by atoms with Crippen molar-refractivity contribution < 1.29 is 4.79 Å². The number of nitrogens with zero attached hydrogens (tertiary/aromatic N) is 3. The topological polar surface area (TPSA) is 58.1 Å². The fourth-order valence-electron chi connectivity index (χ4n) is 3.36. The summed E-state index contributed by atoms with van der Waals surface area (Å²) in [7, 11) is 0. The second kappa shape index (κ2) is 7.21. The Morgan fingerprint density at radius 1 is 1.16 bits per heavy atom. The van der Waals surface area contributed by atoms with Crippen LogP contribution in [0.1, 0.15) is 25.7 Å². The molecule has 1 aromatic heterocycles. The first-order valence-corrected chi connectivity index (χ1v) is 9.21. The van der Waals surface area contributed by atoms with Crippen LogP contribution in [-0.2, 0) is 4.79 Å². The highest BCUT2D eigenvalue weighted by Crippen LogP contribution is 2.28. The first kappa shape index (κ1) is 16.1. The normalized spacial score (nSPS) is 20.3. The minimum Gasteiger partial charge on any atom is -0.356 e. The molecule has 1 aliphatic carbocycles. The lowest BCUT2D eigenvalue weighted by Gasteiger charge is -2.33. The van der Waals surface area contributed by atoms with Gasteiger partial charge >= 0.3 is 0 Å². The van der Waals surface area contributed by atoms with Crippen molar-refractivity contribution in [2.24, 2.45) is 11.8 Å². The lowest BCUT2D eigenvalue weighted by Crippen LogP contribution is -2.43. The van der Waals surface area contributed by atoms with E-state index in [4.69, 9.17) is 4.98 Å². The summed E-state index contributed by atoms with van der Waals surface area (Å²) in [6, 6.07) is 12.0. The molecule has 1 atom stereocenters. The molecule has 2 aliphatic rings. The minimum absolute atomic E-state index is 0.0580. The molecule has 2 aromatic rings. The Morgan fingerprint density at radius 3 is 2.80 bits per heavy atom. The van der Waals surface area contributed by atoms with Crippen molar-refractivity contribution >= 4 is 11.7 Å². The van der Waals surface area contributed by atoms with E-state index in [0.717, 1.165) is 55.6 Å². The molecule has 2 heterocycles. The molecule has 1 N–H and O–H groups in total. The molecule has 1 saturated carbocycles. The highest BCUT2D eigenvalue weighted by molar-refractivity contribution is 5.79. The van der Waals surface area contributed by atoms with Crippen molar-refractivity contribution in [3.05, 3.63) is 42.6 Å². The number of amides is 1. The second-order valence-electron chi connectivity index (χ2n) is 7.08. The van der Waals surface area contributed by atoms with E-state index < -0.39 is 0 Å². The van der Waals surface area contributed by atoms with Gasteiger partial charge in [0.2, 0.25) is 5.91 Å². The predicted molar refractivity (Wildman–Crippen MR) is 98.1 cm³/mol. The maximum absolute atomic E-state index is 12.4. The van der Waals surface area contributed by atoms with Crippen LogP contribution < -0.4 is 10.2 Å². The third-order valence-corrected chi connectivity index (χ3v) is 5.05. The zero-order chi connectivity index (χ0) is 17.1. The van der Waals surface area contributed by atoms with E-state index in [2.05, 4.69) is 15.2 Å². The second-order valence-corrected chi connectivity index (χ2v) is 7.08. The molecular formula is C20H24N4O. The average molecular weight is 336 g/mol. The summed E-state index contributed by atoms with van der Waals surface area (Å²) in [6.07, 6.45) is 6.32. The van der Waals surface area contributed by atoms with Crippen molar-refractivity contribution in [3.8, 4) is 11.4 Å². The molecule has 0 spiro atoms. The lowest BCUT2D eigenvalue weighted by molar-refractivity contribution is -0.125. The Kier molecular flexibility index (Phi) is 4.63. The number of benzene rings is 1. The van der Waals surface area contributed by atoms with Gasteiger partial charge in [-0.05, 0) is 37.7 Å². The zero-order valence-electron chi connectivity index (χ0n) is 14.4. The Labute approximate surface area is 148 Å². The summed E-state index contributed by atoms with van der Waals surface area (Å²) in [5, 5.41) is 3.13. The number of anilines is 1. The molecule has 130 valence electrons. The number of carbonyl (C=O) groups excluding carboxylic acids is 1. The van der Waals surface area contributed by atoms with Gasteiger partial charge in [-0.15, -0.1) is 0 Å². The first-order valence-electron chi connectivity index (χ1n) is 9.21. The van der Waals surface area contributed by atoms with Crippen molar-refractivity contribution in [2.75, 3.05) is 24.5 Å². The van der Waals surface area contributed by atoms with Gasteiger partial charge < -0.3 is 10.2 Å². The highest BCUT2D eigenvalue weighted by Gasteiger charge is 2.28. The van der Waals surface area contributed by atoms with Crippen LogP contribution in [-0.4, -0.2) is 35.5 Å². The van der Waals surface area contributed by atoms with Crippen LogP contribution in [0, 0.1) is 11.8 Å². The third-order valence-electron chi connectivity index (χ3n) is 5.05. The van der Waals surface area contributed by atoms with Crippen molar-refractivity contribution in [2.45, 2.75) is 25.7 Å². The van der Waals surface area contributed by atoms with Gasteiger partial charge in [0.1, 0.15) is 5.82 Å². The number of carbonyl (C=O) groups is 1. The molecule has 0 unspecified atom stereocenters. The fraction of sp³-hybridized carbons (Fsp3) is 0.450. The van der Waals surface area contributed by atoms with E-state index in [1.54, 1.807) is 6.20 Å². The summed E-state index contributed by atoms with van der Waals surface area (Å²) in [5.74, 6) is 2.63. The summed E-state index contributed by atoms with van der Waals surface area (Å²) in [6.45, 7) is 2.53. The van der Waals surface area contributed by atoms with Gasteiger partial charge in [0.25, 0.3) is 0 Å². The summed E-state index contributed by atoms with van der Waals surface area (Å²) >= 11 is 0. The molecule has 2 fully saturated rings. The molecule has 0 bridgehead atoms. The van der Waals surface area contributed by atoms with Crippen molar-refractivity contribution in [3.63, 3.8) is 0 Å². The van der Waals surface area contributed by atoms with Gasteiger partial charge in [0.05, 0.1) is 5.92 Å². The van der Waals surface area contributed by atoms with Gasteiger partial charge in [0, 0.05) is 31.4 Å². The van der Waals surface area contributed by atoms with Crippen LogP contribution in [0.15, 0.2) is 42.6 Å². The first-order chi connectivity index (χ1) is 12.3. The molecule has 25 heavy (non-hydrogen) atoms. The van der Waals surface area contributed by atoms with E-state index in [1.165, 1.54) is 12.8 Å². The van der Waals surface area contributed by atoms with E-state index in [1.807, 2.05) is 36.4 Å². The molecule has 1 aliphatic heterocycles. The number of aromatic nitrogens is 2. The molecule has 4 rings (SSSR count). The largest absolute Gasteiger partial charge is 0.356 e. The average Bonchev–Trinajstić information content (AvgIpc) is 3.51. The zero-order valence-corrected chi connectivity index (χ0v) is 14.4. The molecule has 5 nitrogen and oxygen atoms in total. The monoisotopic (exact) mass is 336 g/mol. The summed E-state index contributed by atoms with van der Waals surface area (Å²) in [4.78, 5) is 23.8. The van der Waals surface area contributed by atoms with Gasteiger partial charge in [-0.3, -0.25) is 4.79 Å². The van der Waals surface area contributed by atoms with Gasteiger partial charge in [0.15, 0.2) is 5.82 Å². The quantitative estimate of drug-likeness (QED) is 0.912. The number of rotatable bonds is 5. The fourth-order valence-corrected chi connectivity index (χ4v) is 3.36. The Bertz CT molecular complexity index is 729. The number of hydrogen-bond acceptors (Lipinski definition) is 4. The summed E-state index contributed by atoms with van der Waals surface area (Å²) in [5.41, 5.74) is 1.01. The van der Waals surface area contributed by atoms with E-state index >= 15 is 0 Å². The van der Waals surface area contributed by atoms with Crippen LogP contribution in [0.25, 0.3) is 11.4 Å². The third kappa shape index (κ3) is 3.98. The smallest absolute Gasteiger partial charge is 0.224 e. The number of nitrogens with one attached hydrogen (secondary N) is 1. The maximum atomic E-state index is 12.4. The molecule has 0 radical (unpaired) electrons. The van der Waals surface area contributed by atoms with E-state index in [-0.39, 0.29) is 11.8 Å². The maximum Gasteiger partial charge on any atom is 0.224 e. The van der Waals surface area contributed by atoms with Crippen LogP contribution in [0.5, 0.6) is 0 Å². The number of hydrogen-bond donors (Lipinski definition) is 1. The Balaban J connectivity index is 1.44. The Morgan fingerprint density at radius 2 is 2.00 bits per heavy atom. The molecular weight excluding hydrogens is 312 g/mol. The Hall–Kier alpha value is -2.43. The highest BCUT2D eigenvalue weighted by atomic mass is 16.1. The van der Waals surface area contributed by atoms with E-state index in [0.29, 0.717) is 0 Å². The van der Waals surface area contributed by atoms with Crippen LogP contribution in [0.3, 0.4) is 0 Å².